The van der Waals surface area contributed by atoms with Crippen molar-refractivity contribution in [1.82, 2.24) is 9.97 Å². The van der Waals surface area contributed by atoms with Crippen molar-refractivity contribution in [1.29, 1.82) is 0 Å². The smallest absolute Gasteiger partial charge is 0.188 e. The Bertz CT molecular complexity index is 367. The number of rotatable bonds is 2. The maximum Gasteiger partial charge on any atom is 0.188 e. The standard InChI is InChI=1S/C11H14N2OS/c1-8-5-6-12-11(13-8)15-10-4-2-3-9(14)7-10/h5-6,10H,2-4,7H2,1H3. The second-order valence-corrected chi connectivity index (χ2v) is 5.12. The quantitative estimate of drug-likeness (QED) is 0.721. The van der Waals surface area contributed by atoms with E-state index in [1.807, 2.05) is 13.0 Å². The van der Waals surface area contributed by atoms with Gasteiger partial charge < -0.3 is 0 Å². The number of thioether (sulfide) groups is 1. The average Bonchev–Trinajstić information content (AvgIpc) is 2.17. The van der Waals surface area contributed by atoms with E-state index >= 15 is 0 Å². The van der Waals surface area contributed by atoms with Crippen LogP contribution in [0, 0.1) is 6.92 Å². The molecule has 0 N–H and O–H groups in total. The van der Waals surface area contributed by atoms with Crippen LogP contribution in [0.15, 0.2) is 17.4 Å². The summed E-state index contributed by atoms with van der Waals surface area (Å²) >= 11 is 1.64. The zero-order valence-electron chi connectivity index (χ0n) is 8.77. The van der Waals surface area contributed by atoms with Crippen LogP contribution in [0.3, 0.4) is 0 Å². The molecule has 0 aromatic carbocycles. The van der Waals surface area contributed by atoms with Gasteiger partial charge in [-0.15, -0.1) is 0 Å². The SMILES string of the molecule is Cc1ccnc(SC2CCCC(=O)C2)n1. The van der Waals surface area contributed by atoms with Crippen molar-refractivity contribution in [2.75, 3.05) is 0 Å². The van der Waals surface area contributed by atoms with Gasteiger partial charge in [0.2, 0.25) is 0 Å². The predicted octanol–water partition coefficient (Wildman–Crippen LogP) is 2.39. The molecule has 1 aliphatic rings. The predicted molar refractivity (Wildman–Crippen MR) is 59.9 cm³/mol. The Hall–Kier alpha value is -0.900. The maximum absolute atomic E-state index is 11.3. The number of aromatic nitrogens is 2. The lowest BCUT2D eigenvalue weighted by Gasteiger charge is -2.19. The molecular weight excluding hydrogens is 208 g/mol. The fourth-order valence-electron chi connectivity index (χ4n) is 1.72. The second kappa shape index (κ2) is 4.75. The van der Waals surface area contributed by atoms with E-state index < -0.39 is 0 Å². The van der Waals surface area contributed by atoms with E-state index in [-0.39, 0.29) is 0 Å². The molecular formula is C11H14N2OS. The molecule has 1 aromatic rings. The monoisotopic (exact) mass is 222 g/mol. The van der Waals surface area contributed by atoms with Crippen LogP contribution in [0.4, 0.5) is 0 Å². The van der Waals surface area contributed by atoms with Gasteiger partial charge >= 0.3 is 0 Å². The van der Waals surface area contributed by atoms with Gasteiger partial charge in [0.25, 0.3) is 0 Å². The van der Waals surface area contributed by atoms with Gasteiger partial charge in [0.1, 0.15) is 5.78 Å². The highest BCUT2D eigenvalue weighted by atomic mass is 32.2. The molecule has 1 unspecified atom stereocenters. The van der Waals surface area contributed by atoms with Crippen LogP contribution in [0.1, 0.15) is 31.4 Å². The summed E-state index contributed by atoms with van der Waals surface area (Å²) in [5.41, 5.74) is 0.981. The zero-order valence-corrected chi connectivity index (χ0v) is 9.59. The third-order valence-electron chi connectivity index (χ3n) is 2.48. The summed E-state index contributed by atoms with van der Waals surface area (Å²) in [6, 6.07) is 1.89. The molecule has 2 rings (SSSR count). The van der Waals surface area contributed by atoms with Crippen molar-refractivity contribution in [3.63, 3.8) is 0 Å². The number of ketones is 1. The number of carbonyl (C=O) groups is 1. The van der Waals surface area contributed by atoms with E-state index in [2.05, 4.69) is 9.97 Å². The number of hydrogen-bond acceptors (Lipinski definition) is 4. The van der Waals surface area contributed by atoms with Crippen molar-refractivity contribution in [3.05, 3.63) is 18.0 Å². The van der Waals surface area contributed by atoms with Gasteiger partial charge in [-0.2, -0.15) is 0 Å². The van der Waals surface area contributed by atoms with Crippen LogP contribution in [-0.4, -0.2) is 21.0 Å². The Morgan fingerprint density at radius 1 is 1.53 bits per heavy atom. The Morgan fingerprint density at radius 2 is 2.40 bits per heavy atom. The molecule has 0 saturated heterocycles. The third kappa shape index (κ3) is 3.02. The Kier molecular flexibility index (Phi) is 3.36. The minimum atomic E-state index is 0.381. The molecule has 15 heavy (non-hydrogen) atoms. The van der Waals surface area contributed by atoms with Crippen LogP contribution in [0.2, 0.25) is 0 Å². The Balaban J connectivity index is 1.99. The average molecular weight is 222 g/mol. The topological polar surface area (TPSA) is 42.9 Å². The van der Waals surface area contributed by atoms with Gasteiger partial charge in [-0.25, -0.2) is 9.97 Å². The summed E-state index contributed by atoms with van der Waals surface area (Å²) < 4.78 is 0. The maximum atomic E-state index is 11.3. The van der Waals surface area contributed by atoms with Crippen molar-refractivity contribution < 1.29 is 4.79 Å². The molecule has 0 radical (unpaired) electrons. The normalized spacial score (nSPS) is 21.7. The van der Waals surface area contributed by atoms with Crippen molar-refractivity contribution in [2.45, 2.75) is 43.0 Å². The number of nitrogens with zero attached hydrogens (tertiary/aromatic N) is 2. The van der Waals surface area contributed by atoms with Crippen LogP contribution in [0.5, 0.6) is 0 Å². The van der Waals surface area contributed by atoms with Crippen LogP contribution in [0.25, 0.3) is 0 Å². The molecule has 1 heterocycles. The van der Waals surface area contributed by atoms with Crippen molar-refractivity contribution >= 4 is 17.5 Å². The second-order valence-electron chi connectivity index (χ2n) is 3.86. The first kappa shape index (κ1) is 10.6. The molecule has 1 saturated carbocycles. The molecule has 0 spiro atoms. The highest BCUT2D eigenvalue weighted by molar-refractivity contribution is 7.99. The minimum absolute atomic E-state index is 0.381. The number of hydrogen-bond donors (Lipinski definition) is 0. The van der Waals surface area contributed by atoms with E-state index in [4.69, 9.17) is 0 Å². The van der Waals surface area contributed by atoms with Crippen LogP contribution >= 0.6 is 11.8 Å². The zero-order chi connectivity index (χ0) is 10.7. The van der Waals surface area contributed by atoms with E-state index in [0.29, 0.717) is 17.5 Å². The molecule has 3 nitrogen and oxygen atoms in total. The highest BCUT2D eigenvalue weighted by Crippen LogP contribution is 2.30. The molecule has 0 aliphatic heterocycles. The fraction of sp³-hybridized carbons (Fsp3) is 0.545. The molecule has 1 aromatic heterocycles. The highest BCUT2D eigenvalue weighted by Gasteiger charge is 2.21. The number of carbonyl (C=O) groups excluding carboxylic acids is 1. The Labute approximate surface area is 93.7 Å². The number of aryl methyl sites for hydroxylation is 1. The van der Waals surface area contributed by atoms with Gasteiger partial charge in [-0.05, 0) is 25.8 Å². The van der Waals surface area contributed by atoms with Crippen molar-refractivity contribution in [3.8, 4) is 0 Å². The first-order chi connectivity index (χ1) is 7.24. The summed E-state index contributed by atoms with van der Waals surface area (Å²) in [7, 11) is 0. The van der Waals surface area contributed by atoms with E-state index in [1.165, 1.54) is 0 Å². The summed E-state index contributed by atoms with van der Waals surface area (Å²) in [4.78, 5) is 19.8. The summed E-state index contributed by atoms with van der Waals surface area (Å²) in [5, 5.41) is 1.18. The van der Waals surface area contributed by atoms with Gasteiger partial charge in [-0.3, -0.25) is 4.79 Å². The lowest BCUT2D eigenvalue weighted by molar-refractivity contribution is -0.120. The first-order valence-corrected chi connectivity index (χ1v) is 6.10. The van der Waals surface area contributed by atoms with Gasteiger partial charge in [0.05, 0.1) is 0 Å². The number of Topliss-reactive ketones (excluding diaryl/α,β-unsaturated/α-hetero) is 1. The fourth-order valence-corrected chi connectivity index (χ4v) is 2.89. The lowest BCUT2D eigenvalue weighted by atomic mass is 9.99. The first-order valence-electron chi connectivity index (χ1n) is 5.22. The van der Waals surface area contributed by atoms with Crippen molar-refractivity contribution in [2.24, 2.45) is 0 Å². The largest absolute Gasteiger partial charge is 0.300 e. The minimum Gasteiger partial charge on any atom is -0.300 e. The van der Waals surface area contributed by atoms with E-state index in [9.17, 15) is 4.79 Å². The van der Waals surface area contributed by atoms with Crippen LogP contribution < -0.4 is 0 Å². The summed E-state index contributed by atoms with van der Waals surface area (Å²) in [6.07, 6.45) is 5.33. The molecule has 0 amide bonds. The lowest BCUT2D eigenvalue weighted by Crippen LogP contribution is -2.17. The van der Waals surface area contributed by atoms with Gasteiger partial charge in [0, 0.05) is 30.0 Å². The van der Waals surface area contributed by atoms with Gasteiger partial charge in [0.15, 0.2) is 5.16 Å². The third-order valence-corrected chi connectivity index (χ3v) is 3.63. The molecule has 0 bridgehead atoms. The van der Waals surface area contributed by atoms with E-state index in [0.717, 1.165) is 30.1 Å². The molecule has 1 aliphatic carbocycles. The van der Waals surface area contributed by atoms with Gasteiger partial charge in [-0.1, -0.05) is 11.8 Å². The van der Waals surface area contributed by atoms with E-state index in [1.54, 1.807) is 18.0 Å². The Morgan fingerprint density at radius 3 is 3.13 bits per heavy atom. The molecule has 1 fully saturated rings. The molecule has 1 atom stereocenters. The summed E-state index contributed by atoms with van der Waals surface area (Å²) in [5.74, 6) is 0.381. The van der Waals surface area contributed by atoms with Crippen LogP contribution in [-0.2, 0) is 4.79 Å². The summed E-state index contributed by atoms with van der Waals surface area (Å²) in [6.45, 7) is 1.96. The molecule has 4 heteroatoms. The molecule has 80 valence electrons.